The Kier molecular flexibility index (Phi) is 4.86. The fourth-order valence-corrected chi connectivity index (χ4v) is 2.31. The third kappa shape index (κ3) is 3.65. The lowest BCUT2D eigenvalue weighted by Gasteiger charge is -2.17. The molecule has 0 aromatic heterocycles. The number of likely N-dealkylation sites (N-methyl/N-ethyl adjacent to an activating group) is 1. The van der Waals surface area contributed by atoms with Gasteiger partial charge in [0.05, 0.1) is 0 Å². The highest BCUT2D eigenvalue weighted by atomic mass is 16.2. The first-order valence-electron chi connectivity index (χ1n) is 7.67. The molecule has 0 bridgehead atoms. The molecule has 22 heavy (non-hydrogen) atoms. The monoisotopic (exact) mass is 303 g/mol. The maximum absolute atomic E-state index is 12.4. The number of hydrogen-bond donors (Lipinski definition) is 2. The van der Waals surface area contributed by atoms with Crippen molar-refractivity contribution >= 4 is 17.5 Å². The van der Waals surface area contributed by atoms with Crippen LogP contribution in [0, 0.1) is 19.3 Å². The summed E-state index contributed by atoms with van der Waals surface area (Å²) in [5.74, 6) is -0.353. The van der Waals surface area contributed by atoms with Gasteiger partial charge in [-0.15, -0.1) is 0 Å². The maximum atomic E-state index is 12.4. The van der Waals surface area contributed by atoms with Gasteiger partial charge in [0.15, 0.2) is 0 Å². The Morgan fingerprint density at radius 3 is 2.36 bits per heavy atom. The Labute approximate surface area is 132 Å². The van der Waals surface area contributed by atoms with E-state index in [1.165, 1.54) is 5.56 Å². The molecule has 1 aromatic carbocycles. The largest absolute Gasteiger partial charge is 0.354 e. The van der Waals surface area contributed by atoms with E-state index in [-0.39, 0.29) is 11.8 Å². The van der Waals surface area contributed by atoms with Gasteiger partial charge < -0.3 is 15.5 Å². The number of aryl methyl sites for hydroxylation is 2. The second-order valence-electron chi connectivity index (χ2n) is 6.39. The van der Waals surface area contributed by atoms with E-state index >= 15 is 0 Å². The minimum Gasteiger partial charge on any atom is -0.354 e. The van der Waals surface area contributed by atoms with Gasteiger partial charge in [-0.05, 0) is 64.0 Å². The number of amides is 2. The van der Waals surface area contributed by atoms with Gasteiger partial charge in [-0.1, -0.05) is 6.07 Å². The standard InChI is InChI=1S/C17H25N3O2/c1-12-5-6-14(11-13(12)2)19-16(22)17(7-8-17)15(21)18-9-10-20(3)4/h5-6,11H,7-10H2,1-4H3,(H,18,21)(H,19,22). The molecule has 2 amide bonds. The van der Waals surface area contributed by atoms with Crippen LogP contribution >= 0.6 is 0 Å². The van der Waals surface area contributed by atoms with Crippen molar-refractivity contribution in [1.82, 2.24) is 10.2 Å². The fourth-order valence-electron chi connectivity index (χ4n) is 2.31. The van der Waals surface area contributed by atoms with Gasteiger partial charge in [0.2, 0.25) is 11.8 Å². The quantitative estimate of drug-likeness (QED) is 0.786. The Balaban J connectivity index is 1.96. The summed E-state index contributed by atoms with van der Waals surface area (Å²) in [6.07, 6.45) is 1.24. The van der Waals surface area contributed by atoms with Crippen molar-refractivity contribution in [1.29, 1.82) is 0 Å². The van der Waals surface area contributed by atoms with Crippen LogP contribution in [0.5, 0.6) is 0 Å². The molecule has 0 unspecified atom stereocenters. The molecule has 2 N–H and O–H groups in total. The Bertz CT molecular complexity index is 577. The zero-order chi connectivity index (χ0) is 16.3. The van der Waals surface area contributed by atoms with Crippen molar-refractivity contribution in [2.24, 2.45) is 5.41 Å². The Hall–Kier alpha value is -1.88. The number of nitrogens with zero attached hydrogens (tertiary/aromatic N) is 1. The van der Waals surface area contributed by atoms with Crippen LogP contribution < -0.4 is 10.6 Å². The molecule has 0 saturated heterocycles. The van der Waals surface area contributed by atoms with E-state index in [0.717, 1.165) is 17.8 Å². The van der Waals surface area contributed by atoms with E-state index < -0.39 is 5.41 Å². The second-order valence-corrected chi connectivity index (χ2v) is 6.39. The SMILES string of the molecule is Cc1ccc(NC(=O)C2(C(=O)NCCN(C)C)CC2)cc1C. The zero-order valence-corrected chi connectivity index (χ0v) is 13.8. The van der Waals surface area contributed by atoms with E-state index in [1.807, 2.05) is 51.0 Å². The van der Waals surface area contributed by atoms with Gasteiger partial charge in [-0.2, -0.15) is 0 Å². The molecule has 0 spiro atoms. The van der Waals surface area contributed by atoms with Crippen molar-refractivity contribution in [3.05, 3.63) is 29.3 Å². The summed E-state index contributed by atoms with van der Waals surface area (Å²) in [6, 6.07) is 5.79. The predicted octanol–water partition coefficient (Wildman–Crippen LogP) is 1.70. The zero-order valence-electron chi connectivity index (χ0n) is 13.8. The van der Waals surface area contributed by atoms with Gasteiger partial charge in [0, 0.05) is 18.8 Å². The van der Waals surface area contributed by atoms with E-state index in [9.17, 15) is 9.59 Å². The molecular formula is C17H25N3O2. The number of hydrogen-bond acceptors (Lipinski definition) is 3. The average molecular weight is 303 g/mol. The summed E-state index contributed by atoms with van der Waals surface area (Å²) in [6.45, 7) is 5.36. The molecule has 5 nitrogen and oxygen atoms in total. The summed E-state index contributed by atoms with van der Waals surface area (Å²) in [7, 11) is 3.90. The highest BCUT2D eigenvalue weighted by molar-refractivity contribution is 6.13. The van der Waals surface area contributed by atoms with Crippen LogP contribution in [0.4, 0.5) is 5.69 Å². The number of anilines is 1. The van der Waals surface area contributed by atoms with Crippen LogP contribution in [0.25, 0.3) is 0 Å². The number of nitrogens with one attached hydrogen (secondary N) is 2. The number of rotatable bonds is 6. The van der Waals surface area contributed by atoms with Crippen molar-refractivity contribution in [3.63, 3.8) is 0 Å². The molecule has 1 aliphatic carbocycles. The van der Waals surface area contributed by atoms with E-state index in [1.54, 1.807) is 0 Å². The lowest BCUT2D eigenvalue weighted by Crippen LogP contribution is -2.42. The highest BCUT2D eigenvalue weighted by Gasteiger charge is 2.56. The smallest absolute Gasteiger partial charge is 0.240 e. The number of carbonyl (C=O) groups excluding carboxylic acids is 2. The van der Waals surface area contributed by atoms with Gasteiger partial charge in [0.25, 0.3) is 0 Å². The third-order valence-electron chi connectivity index (χ3n) is 4.23. The molecule has 0 heterocycles. The van der Waals surface area contributed by atoms with Crippen LogP contribution in [-0.4, -0.2) is 43.9 Å². The minimum atomic E-state index is -0.870. The number of benzene rings is 1. The van der Waals surface area contributed by atoms with Gasteiger partial charge in [-0.25, -0.2) is 0 Å². The molecule has 1 aliphatic rings. The molecule has 5 heteroatoms. The molecule has 2 rings (SSSR count). The predicted molar refractivity (Wildman–Crippen MR) is 87.8 cm³/mol. The first-order chi connectivity index (χ1) is 10.3. The average Bonchev–Trinajstić information content (AvgIpc) is 3.24. The van der Waals surface area contributed by atoms with Crippen LogP contribution in [0.1, 0.15) is 24.0 Å². The fraction of sp³-hybridized carbons (Fsp3) is 0.529. The molecule has 1 saturated carbocycles. The summed E-state index contributed by atoms with van der Waals surface area (Å²) in [4.78, 5) is 26.7. The molecule has 0 atom stereocenters. The molecule has 0 radical (unpaired) electrons. The molecule has 0 aliphatic heterocycles. The van der Waals surface area contributed by atoms with E-state index in [0.29, 0.717) is 19.4 Å². The summed E-state index contributed by atoms with van der Waals surface area (Å²) in [5.41, 5.74) is 2.18. The normalized spacial score (nSPS) is 15.5. The Morgan fingerprint density at radius 2 is 1.82 bits per heavy atom. The van der Waals surface area contributed by atoms with E-state index in [2.05, 4.69) is 10.6 Å². The summed E-state index contributed by atoms with van der Waals surface area (Å²) < 4.78 is 0. The van der Waals surface area contributed by atoms with Crippen molar-refractivity contribution in [3.8, 4) is 0 Å². The highest BCUT2D eigenvalue weighted by Crippen LogP contribution is 2.46. The lowest BCUT2D eigenvalue weighted by molar-refractivity contribution is -0.134. The van der Waals surface area contributed by atoms with Crippen LogP contribution in [0.2, 0.25) is 0 Å². The summed E-state index contributed by atoms with van der Waals surface area (Å²) in [5, 5.41) is 5.75. The summed E-state index contributed by atoms with van der Waals surface area (Å²) >= 11 is 0. The van der Waals surface area contributed by atoms with Gasteiger partial charge in [0.1, 0.15) is 5.41 Å². The molecule has 1 fully saturated rings. The van der Waals surface area contributed by atoms with Crippen LogP contribution in [-0.2, 0) is 9.59 Å². The Morgan fingerprint density at radius 1 is 1.14 bits per heavy atom. The van der Waals surface area contributed by atoms with Gasteiger partial charge >= 0.3 is 0 Å². The first-order valence-corrected chi connectivity index (χ1v) is 7.67. The minimum absolute atomic E-state index is 0.157. The second kappa shape index (κ2) is 6.48. The molecule has 1 aromatic rings. The van der Waals surface area contributed by atoms with Crippen molar-refractivity contribution < 1.29 is 9.59 Å². The molecular weight excluding hydrogens is 278 g/mol. The van der Waals surface area contributed by atoms with Crippen molar-refractivity contribution in [2.45, 2.75) is 26.7 Å². The van der Waals surface area contributed by atoms with Crippen LogP contribution in [0.3, 0.4) is 0 Å². The maximum Gasteiger partial charge on any atom is 0.240 e. The topological polar surface area (TPSA) is 61.4 Å². The third-order valence-corrected chi connectivity index (χ3v) is 4.23. The number of carbonyl (C=O) groups is 2. The van der Waals surface area contributed by atoms with Crippen molar-refractivity contribution in [2.75, 3.05) is 32.5 Å². The lowest BCUT2D eigenvalue weighted by atomic mass is 10.0. The van der Waals surface area contributed by atoms with E-state index in [4.69, 9.17) is 0 Å². The first kappa shape index (κ1) is 16.5. The molecule has 120 valence electrons. The van der Waals surface area contributed by atoms with Crippen LogP contribution in [0.15, 0.2) is 18.2 Å². The van der Waals surface area contributed by atoms with Gasteiger partial charge in [-0.3, -0.25) is 9.59 Å².